The lowest BCUT2D eigenvalue weighted by atomic mass is 9.85. The van der Waals surface area contributed by atoms with Crippen LogP contribution in [0.1, 0.15) is 60.1 Å². The molecule has 2 aromatic carbocycles. The zero-order valence-corrected chi connectivity index (χ0v) is 19.8. The molecule has 1 aliphatic carbocycles. The molecule has 0 N–H and O–H groups in total. The summed E-state index contributed by atoms with van der Waals surface area (Å²) in [4.78, 5) is 13.3. The number of Topliss-reactive ketones (excluding diaryl/α,β-unsaturated/α-hetero) is 1. The average molecular weight is 486 g/mol. The van der Waals surface area contributed by atoms with E-state index < -0.39 is 0 Å². The largest absolute Gasteiger partial charge is 0.292 e. The molecule has 1 aromatic heterocycles. The third-order valence-electron chi connectivity index (χ3n) is 6.09. The molecule has 0 atom stereocenters. The van der Waals surface area contributed by atoms with Crippen molar-refractivity contribution in [3.63, 3.8) is 0 Å². The molecule has 1 fully saturated rings. The van der Waals surface area contributed by atoms with Crippen molar-refractivity contribution in [1.29, 1.82) is 0 Å². The highest BCUT2D eigenvalue weighted by atomic mass is 79.9. The monoisotopic (exact) mass is 484 g/mol. The van der Waals surface area contributed by atoms with Crippen LogP contribution in [0.15, 0.2) is 46.9 Å². The van der Waals surface area contributed by atoms with Crippen molar-refractivity contribution in [1.82, 2.24) is 9.78 Å². The summed E-state index contributed by atoms with van der Waals surface area (Å²) in [7, 11) is 0. The van der Waals surface area contributed by atoms with E-state index in [-0.39, 0.29) is 5.78 Å². The number of aromatic nitrogens is 2. The van der Waals surface area contributed by atoms with Crippen molar-refractivity contribution in [3.8, 4) is 16.9 Å². The first kappa shape index (κ1) is 21.3. The maximum absolute atomic E-state index is 13.3. The summed E-state index contributed by atoms with van der Waals surface area (Å²) >= 11 is 9.70. The van der Waals surface area contributed by atoms with Gasteiger partial charge in [0.15, 0.2) is 5.78 Å². The standard InChI is InChI=1S/C25H26BrClN2O/c1-16-14-21(27)12-13-22(16)29-25(19-8-10-20(26)11-9-19)17(2)24(28-29)23(30)15-18-6-4-3-5-7-18/h8-14,18H,3-7,15H2,1-2H3. The summed E-state index contributed by atoms with van der Waals surface area (Å²) in [6, 6.07) is 13.9. The number of hydrogen-bond acceptors (Lipinski definition) is 2. The molecule has 0 saturated heterocycles. The summed E-state index contributed by atoms with van der Waals surface area (Å²) in [6.45, 7) is 4.04. The first-order valence-corrected chi connectivity index (χ1v) is 11.8. The number of ketones is 1. The van der Waals surface area contributed by atoms with Gasteiger partial charge >= 0.3 is 0 Å². The lowest BCUT2D eigenvalue weighted by Crippen LogP contribution is -2.13. The molecule has 4 rings (SSSR count). The van der Waals surface area contributed by atoms with Crippen LogP contribution in [-0.4, -0.2) is 15.6 Å². The Kier molecular flexibility index (Phi) is 6.45. The van der Waals surface area contributed by atoms with Crippen LogP contribution in [0.3, 0.4) is 0 Å². The molecule has 3 nitrogen and oxygen atoms in total. The topological polar surface area (TPSA) is 34.9 Å². The van der Waals surface area contributed by atoms with Gasteiger partial charge in [-0.1, -0.05) is 71.8 Å². The Hall–Kier alpha value is -1.91. The number of nitrogens with zero attached hydrogens (tertiary/aromatic N) is 2. The number of carbonyl (C=O) groups is 1. The Morgan fingerprint density at radius 2 is 1.80 bits per heavy atom. The van der Waals surface area contributed by atoms with Gasteiger partial charge in [0.25, 0.3) is 0 Å². The van der Waals surface area contributed by atoms with Crippen LogP contribution in [0.2, 0.25) is 5.02 Å². The smallest absolute Gasteiger partial charge is 0.183 e. The van der Waals surface area contributed by atoms with Crippen LogP contribution < -0.4 is 0 Å². The molecule has 3 aromatic rings. The number of hydrogen-bond donors (Lipinski definition) is 0. The molecule has 30 heavy (non-hydrogen) atoms. The van der Waals surface area contributed by atoms with E-state index in [0.29, 0.717) is 23.1 Å². The van der Waals surface area contributed by atoms with E-state index in [0.717, 1.165) is 45.4 Å². The van der Waals surface area contributed by atoms with Gasteiger partial charge in [0, 0.05) is 27.0 Å². The maximum Gasteiger partial charge on any atom is 0.183 e. The van der Waals surface area contributed by atoms with Crippen molar-refractivity contribution in [3.05, 3.63) is 68.8 Å². The van der Waals surface area contributed by atoms with E-state index >= 15 is 0 Å². The van der Waals surface area contributed by atoms with Gasteiger partial charge in [-0.2, -0.15) is 5.10 Å². The Morgan fingerprint density at radius 3 is 2.47 bits per heavy atom. The summed E-state index contributed by atoms with van der Waals surface area (Å²) in [6.07, 6.45) is 6.67. The van der Waals surface area contributed by atoms with Crippen molar-refractivity contribution < 1.29 is 4.79 Å². The second kappa shape index (κ2) is 9.07. The van der Waals surface area contributed by atoms with E-state index in [1.54, 1.807) is 0 Å². The highest BCUT2D eigenvalue weighted by Crippen LogP contribution is 2.33. The highest BCUT2D eigenvalue weighted by Gasteiger charge is 2.25. The molecule has 0 radical (unpaired) electrons. The zero-order valence-electron chi connectivity index (χ0n) is 17.4. The minimum Gasteiger partial charge on any atom is -0.292 e. The molecule has 0 unspecified atom stereocenters. The summed E-state index contributed by atoms with van der Waals surface area (Å²) in [5.41, 5.74) is 5.49. The Morgan fingerprint density at radius 1 is 1.10 bits per heavy atom. The van der Waals surface area contributed by atoms with Crippen LogP contribution in [0.25, 0.3) is 16.9 Å². The van der Waals surface area contributed by atoms with E-state index in [9.17, 15) is 4.79 Å². The summed E-state index contributed by atoms with van der Waals surface area (Å²) < 4.78 is 2.93. The molecule has 0 spiro atoms. The van der Waals surface area contributed by atoms with E-state index in [2.05, 4.69) is 28.1 Å². The maximum atomic E-state index is 13.3. The molecule has 1 aliphatic rings. The Labute approximate surface area is 191 Å². The predicted molar refractivity (Wildman–Crippen MR) is 127 cm³/mol. The molecule has 156 valence electrons. The second-order valence-electron chi connectivity index (χ2n) is 8.30. The van der Waals surface area contributed by atoms with Crippen LogP contribution in [0.4, 0.5) is 0 Å². The van der Waals surface area contributed by atoms with Crippen LogP contribution in [0, 0.1) is 19.8 Å². The minimum absolute atomic E-state index is 0.156. The summed E-state index contributed by atoms with van der Waals surface area (Å²) in [5, 5.41) is 5.54. The van der Waals surface area contributed by atoms with Gasteiger partial charge in [-0.15, -0.1) is 0 Å². The first-order chi connectivity index (χ1) is 14.4. The van der Waals surface area contributed by atoms with E-state index in [1.165, 1.54) is 19.3 Å². The van der Waals surface area contributed by atoms with Crippen LogP contribution >= 0.6 is 27.5 Å². The SMILES string of the molecule is Cc1cc(Cl)ccc1-n1nc(C(=O)CC2CCCCC2)c(C)c1-c1ccc(Br)cc1. The normalized spacial score (nSPS) is 14.8. The fourth-order valence-corrected chi connectivity index (χ4v) is 4.98. The second-order valence-corrected chi connectivity index (χ2v) is 9.66. The Balaban J connectivity index is 1.80. The minimum atomic E-state index is 0.156. The third-order valence-corrected chi connectivity index (χ3v) is 6.85. The quantitative estimate of drug-likeness (QED) is 0.347. The fourth-order valence-electron chi connectivity index (χ4n) is 4.49. The number of halogens is 2. The lowest BCUT2D eigenvalue weighted by molar-refractivity contribution is 0.0944. The molecule has 1 heterocycles. The number of benzene rings is 2. The van der Waals surface area contributed by atoms with E-state index in [1.807, 2.05) is 48.9 Å². The zero-order chi connectivity index (χ0) is 21.3. The third kappa shape index (κ3) is 4.40. The van der Waals surface area contributed by atoms with Crippen molar-refractivity contribution >= 4 is 33.3 Å². The van der Waals surface area contributed by atoms with Gasteiger partial charge in [-0.3, -0.25) is 4.79 Å². The molecule has 1 saturated carbocycles. The van der Waals surface area contributed by atoms with Crippen LogP contribution in [-0.2, 0) is 0 Å². The molecule has 0 amide bonds. The van der Waals surface area contributed by atoms with Gasteiger partial charge in [0.2, 0.25) is 0 Å². The lowest BCUT2D eigenvalue weighted by Gasteiger charge is -2.20. The van der Waals surface area contributed by atoms with E-state index in [4.69, 9.17) is 16.7 Å². The van der Waals surface area contributed by atoms with Crippen LogP contribution in [0.5, 0.6) is 0 Å². The van der Waals surface area contributed by atoms with Gasteiger partial charge in [-0.25, -0.2) is 4.68 Å². The van der Waals surface area contributed by atoms with Crippen molar-refractivity contribution in [2.24, 2.45) is 5.92 Å². The molecular formula is C25H26BrClN2O. The predicted octanol–water partition coefficient (Wildman–Crippen LogP) is 7.73. The number of rotatable bonds is 5. The Bertz CT molecular complexity index is 1070. The van der Waals surface area contributed by atoms with Gasteiger partial charge in [0.05, 0.1) is 11.4 Å². The molecular weight excluding hydrogens is 460 g/mol. The van der Waals surface area contributed by atoms with Crippen molar-refractivity contribution in [2.75, 3.05) is 0 Å². The number of carbonyl (C=O) groups excluding carboxylic acids is 1. The van der Waals surface area contributed by atoms with Gasteiger partial charge < -0.3 is 0 Å². The average Bonchev–Trinajstić information content (AvgIpc) is 3.06. The fraction of sp³-hybridized carbons (Fsp3) is 0.360. The first-order valence-electron chi connectivity index (χ1n) is 10.6. The number of aryl methyl sites for hydroxylation is 1. The highest BCUT2D eigenvalue weighted by molar-refractivity contribution is 9.10. The molecule has 5 heteroatoms. The van der Waals surface area contributed by atoms with Gasteiger partial charge in [-0.05, 0) is 55.7 Å². The van der Waals surface area contributed by atoms with Gasteiger partial charge in [0.1, 0.15) is 5.69 Å². The molecule has 0 bridgehead atoms. The molecule has 0 aliphatic heterocycles. The summed E-state index contributed by atoms with van der Waals surface area (Å²) in [5.74, 6) is 0.646. The van der Waals surface area contributed by atoms with Crippen molar-refractivity contribution in [2.45, 2.75) is 52.4 Å².